The molecule has 1 aliphatic heterocycles. The monoisotopic (exact) mass is 373 g/mol. The maximum absolute atomic E-state index is 12.4. The van der Waals surface area contributed by atoms with Crippen LogP contribution in [0.25, 0.3) is 0 Å². The van der Waals surface area contributed by atoms with Gasteiger partial charge in [0.1, 0.15) is 5.75 Å². The molecule has 5 nitrogen and oxygen atoms in total. The van der Waals surface area contributed by atoms with Crippen LogP contribution in [0.2, 0.25) is 5.02 Å². The van der Waals surface area contributed by atoms with Crippen molar-refractivity contribution in [3.8, 4) is 5.75 Å². The van der Waals surface area contributed by atoms with Crippen molar-refractivity contribution in [2.45, 2.75) is 13.8 Å². The van der Waals surface area contributed by atoms with Gasteiger partial charge >= 0.3 is 0 Å². The molecule has 0 spiro atoms. The lowest BCUT2D eigenvalue weighted by molar-refractivity contribution is -0.133. The van der Waals surface area contributed by atoms with E-state index in [0.717, 1.165) is 17.0 Å². The Morgan fingerprint density at radius 1 is 1.12 bits per heavy atom. The summed E-state index contributed by atoms with van der Waals surface area (Å²) >= 11 is 6.28. The minimum atomic E-state index is -0.00462. The quantitative estimate of drug-likeness (QED) is 0.835. The number of nitrogens with zero attached hydrogens (tertiary/aromatic N) is 2. The molecule has 2 aromatic rings. The molecule has 1 fully saturated rings. The highest BCUT2D eigenvalue weighted by Gasteiger charge is 2.23. The molecule has 1 saturated heterocycles. The van der Waals surface area contributed by atoms with E-state index in [-0.39, 0.29) is 12.5 Å². The molecule has 1 aliphatic rings. The summed E-state index contributed by atoms with van der Waals surface area (Å²) in [6.07, 6.45) is 0. The summed E-state index contributed by atoms with van der Waals surface area (Å²) in [6, 6.07) is 11.4. The van der Waals surface area contributed by atoms with Crippen molar-refractivity contribution in [1.82, 2.24) is 4.90 Å². The Balaban J connectivity index is 1.54. The number of carbonyl (C=O) groups excluding carboxylic acids is 1. The summed E-state index contributed by atoms with van der Waals surface area (Å²) in [4.78, 5) is 16.4. The van der Waals surface area contributed by atoms with Gasteiger partial charge in [-0.2, -0.15) is 0 Å². The van der Waals surface area contributed by atoms with E-state index in [4.69, 9.17) is 22.1 Å². The second kappa shape index (κ2) is 7.87. The highest BCUT2D eigenvalue weighted by Crippen LogP contribution is 2.32. The molecule has 3 rings (SSSR count). The van der Waals surface area contributed by atoms with Crippen molar-refractivity contribution in [1.29, 1.82) is 0 Å². The summed E-state index contributed by atoms with van der Waals surface area (Å²) in [7, 11) is 0. The summed E-state index contributed by atoms with van der Waals surface area (Å²) in [5.74, 6) is 0.721. The smallest absolute Gasteiger partial charge is 0.260 e. The van der Waals surface area contributed by atoms with Crippen LogP contribution in [-0.2, 0) is 4.79 Å². The fourth-order valence-corrected chi connectivity index (χ4v) is 3.39. The average molecular weight is 374 g/mol. The van der Waals surface area contributed by atoms with E-state index >= 15 is 0 Å². The highest BCUT2D eigenvalue weighted by atomic mass is 35.5. The van der Waals surface area contributed by atoms with Gasteiger partial charge in [-0.25, -0.2) is 0 Å². The summed E-state index contributed by atoms with van der Waals surface area (Å²) < 4.78 is 5.66. The normalized spacial score (nSPS) is 14.4. The molecule has 0 unspecified atom stereocenters. The first kappa shape index (κ1) is 18.4. The van der Waals surface area contributed by atoms with Crippen LogP contribution in [0.4, 0.5) is 11.4 Å². The largest absolute Gasteiger partial charge is 0.484 e. The Kier molecular flexibility index (Phi) is 5.57. The van der Waals surface area contributed by atoms with Gasteiger partial charge in [0.15, 0.2) is 6.61 Å². The number of hydrogen-bond acceptors (Lipinski definition) is 4. The van der Waals surface area contributed by atoms with Gasteiger partial charge < -0.3 is 20.3 Å². The summed E-state index contributed by atoms with van der Waals surface area (Å²) in [6.45, 7) is 6.78. The zero-order valence-corrected chi connectivity index (χ0v) is 15.9. The maximum atomic E-state index is 12.4. The van der Waals surface area contributed by atoms with Gasteiger partial charge in [0.25, 0.3) is 5.91 Å². The maximum Gasteiger partial charge on any atom is 0.260 e. The van der Waals surface area contributed by atoms with E-state index in [1.807, 2.05) is 48.2 Å². The predicted octanol–water partition coefficient (Wildman–Crippen LogP) is 3.27. The second-order valence-corrected chi connectivity index (χ2v) is 6.99. The van der Waals surface area contributed by atoms with E-state index in [2.05, 4.69) is 11.8 Å². The molecule has 0 aliphatic carbocycles. The topological polar surface area (TPSA) is 58.8 Å². The number of rotatable bonds is 4. The van der Waals surface area contributed by atoms with Crippen LogP contribution in [-0.4, -0.2) is 43.6 Å². The molecular weight excluding hydrogens is 350 g/mol. The highest BCUT2D eigenvalue weighted by molar-refractivity contribution is 6.34. The average Bonchev–Trinajstić information content (AvgIpc) is 2.63. The van der Waals surface area contributed by atoms with Crippen molar-refractivity contribution >= 4 is 28.9 Å². The van der Waals surface area contributed by atoms with E-state index < -0.39 is 0 Å². The number of nitrogen functional groups attached to an aromatic ring is 1. The third kappa shape index (κ3) is 4.05. The molecular formula is C20H24ClN3O2. The van der Waals surface area contributed by atoms with Gasteiger partial charge in [-0.05, 0) is 49.2 Å². The first-order valence-electron chi connectivity index (χ1n) is 8.72. The van der Waals surface area contributed by atoms with Crippen molar-refractivity contribution in [3.63, 3.8) is 0 Å². The SMILES string of the molecule is Cc1ccc(OCC(=O)N2CCN(c3c(N)cccc3Cl)CC2)cc1C. The van der Waals surface area contributed by atoms with Crippen LogP contribution in [0.3, 0.4) is 0 Å². The molecule has 1 heterocycles. The van der Waals surface area contributed by atoms with E-state index in [9.17, 15) is 4.79 Å². The number of para-hydroxylation sites is 1. The van der Waals surface area contributed by atoms with Crippen LogP contribution < -0.4 is 15.4 Å². The van der Waals surface area contributed by atoms with Crippen LogP contribution in [0.1, 0.15) is 11.1 Å². The first-order valence-corrected chi connectivity index (χ1v) is 9.10. The Morgan fingerprint density at radius 2 is 1.85 bits per heavy atom. The Labute approximate surface area is 159 Å². The van der Waals surface area contributed by atoms with E-state index in [1.165, 1.54) is 5.56 Å². The lowest BCUT2D eigenvalue weighted by Crippen LogP contribution is -2.50. The number of benzene rings is 2. The number of anilines is 2. The first-order chi connectivity index (χ1) is 12.5. The number of ether oxygens (including phenoxy) is 1. The van der Waals surface area contributed by atoms with Crippen LogP contribution >= 0.6 is 11.6 Å². The molecule has 1 amide bonds. The zero-order chi connectivity index (χ0) is 18.7. The molecule has 2 aromatic carbocycles. The van der Waals surface area contributed by atoms with Gasteiger partial charge in [0, 0.05) is 26.2 Å². The number of amides is 1. The molecule has 0 saturated carbocycles. The zero-order valence-electron chi connectivity index (χ0n) is 15.2. The van der Waals surface area contributed by atoms with Gasteiger partial charge in [0.2, 0.25) is 0 Å². The lowest BCUT2D eigenvalue weighted by atomic mass is 10.1. The van der Waals surface area contributed by atoms with Crippen LogP contribution in [0.15, 0.2) is 36.4 Å². The number of halogens is 1. The van der Waals surface area contributed by atoms with Gasteiger partial charge in [-0.3, -0.25) is 4.79 Å². The standard InChI is InChI=1S/C20H24ClN3O2/c1-14-6-7-16(12-15(14)2)26-13-19(25)23-8-10-24(11-9-23)20-17(21)4-3-5-18(20)22/h3-7,12H,8-11,13,22H2,1-2H3. The third-order valence-corrected chi connectivity index (χ3v) is 5.11. The summed E-state index contributed by atoms with van der Waals surface area (Å²) in [5.41, 5.74) is 9.93. The number of nitrogens with two attached hydrogens (primary N) is 1. The van der Waals surface area contributed by atoms with Crippen molar-refractivity contribution in [2.75, 3.05) is 43.4 Å². The number of carbonyl (C=O) groups is 1. The third-order valence-electron chi connectivity index (χ3n) is 4.81. The molecule has 0 bridgehead atoms. The molecule has 6 heteroatoms. The molecule has 0 radical (unpaired) electrons. The van der Waals surface area contributed by atoms with Gasteiger partial charge in [-0.1, -0.05) is 23.7 Å². The van der Waals surface area contributed by atoms with Crippen molar-refractivity contribution in [2.24, 2.45) is 0 Å². The number of hydrogen-bond donors (Lipinski definition) is 1. The molecule has 0 aromatic heterocycles. The van der Waals surface area contributed by atoms with Crippen LogP contribution in [0, 0.1) is 13.8 Å². The van der Waals surface area contributed by atoms with Crippen molar-refractivity contribution < 1.29 is 9.53 Å². The van der Waals surface area contributed by atoms with Gasteiger partial charge in [0.05, 0.1) is 16.4 Å². The Morgan fingerprint density at radius 3 is 2.50 bits per heavy atom. The van der Waals surface area contributed by atoms with E-state index in [0.29, 0.717) is 36.9 Å². The van der Waals surface area contributed by atoms with Crippen molar-refractivity contribution in [3.05, 3.63) is 52.5 Å². The molecule has 0 atom stereocenters. The Hall–Kier alpha value is -2.40. The fourth-order valence-electron chi connectivity index (χ4n) is 3.09. The summed E-state index contributed by atoms with van der Waals surface area (Å²) in [5, 5.41) is 0.642. The van der Waals surface area contributed by atoms with Crippen LogP contribution in [0.5, 0.6) is 5.75 Å². The molecule has 2 N–H and O–H groups in total. The second-order valence-electron chi connectivity index (χ2n) is 6.58. The molecule has 138 valence electrons. The Bertz CT molecular complexity index is 781. The van der Waals surface area contributed by atoms with Gasteiger partial charge in [-0.15, -0.1) is 0 Å². The van der Waals surface area contributed by atoms with E-state index in [1.54, 1.807) is 0 Å². The minimum Gasteiger partial charge on any atom is -0.484 e. The number of aryl methyl sites for hydroxylation is 2. The minimum absolute atomic E-state index is 0.00462. The number of piperazine rings is 1. The fraction of sp³-hybridized carbons (Fsp3) is 0.350. The lowest BCUT2D eigenvalue weighted by Gasteiger charge is -2.37. The molecule has 26 heavy (non-hydrogen) atoms. The predicted molar refractivity (Wildman–Crippen MR) is 106 cm³/mol.